The van der Waals surface area contributed by atoms with Crippen molar-refractivity contribution < 1.29 is 22.4 Å². The van der Waals surface area contributed by atoms with Crippen LogP contribution < -0.4 is 16.4 Å². The maximum absolute atomic E-state index is 13.6. The predicted octanol–water partition coefficient (Wildman–Crippen LogP) is 5.57. The first kappa shape index (κ1) is 23.6. The molecule has 0 bridgehead atoms. The molecule has 0 saturated heterocycles. The summed E-state index contributed by atoms with van der Waals surface area (Å²) in [6, 6.07) is 10.6. The Hall–Kier alpha value is -4.15. The molecule has 186 valence electrons. The van der Waals surface area contributed by atoms with Crippen molar-refractivity contribution in [3.8, 4) is 11.1 Å². The summed E-state index contributed by atoms with van der Waals surface area (Å²) in [5.74, 6) is -0.217. The zero-order valence-electron chi connectivity index (χ0n) is 19.2. The summed E-state index contributed by atoms with van der Waals surface area (Å²) in [4.78, 5) is 17.0. The maximum Gasteiger partial charge on any atom is 0.416 e. The van der Waals surface area contributed by atoms with E-state index in [9.17, 15) is 22.4 Å². The Morgan fingerprint density at radius 2 is 1.86 bits per heavy atom. The van der Waals surface area contributed by atoms with Gasteiger partial charge in [0.05, 0.1) is 10.9 Å². The number of rotatable bonds is 5. The van der Waals surface area contributed by atoms with Crippen molar-refractivity contribution in [3.05, 3.63) is 71.2 Å². The van der Waals surface area contributed by atoms with Gasteiger partial charge in [-0.05, 0) is 65.9 Å². The third-order valence-electron chi connectivity index (χ3n) is 6.03. The highest BCUT2D eigenvalue weighted by Gasteiger charge is 2.31. The molecule has 2 aromatic heterocycles. The SMILES string of the molecule is Cn1nc(N)c2c(-c3ccc(NC(=O)NCc4cc(F)cc(C(F)(F)F)c4)cc3)cc(C3CC3)nc21. The second kappa shape index (κ2) is 8.81. The van der Waals surface area contributed by atoms with Gasteiger partial charge in [-0.1, -0.05) is 12.1 Å². The van der Waals surface area contributed by atoms with Crippen molar-refractivity contribution in [2.45, 2.75) is 31.5 Å². The van der Waals surface area contributed by atoms with Crippen LogP contribution in [0.15, 0.2) is 48.5 Å². The molecule has 2 amide bonds. The standard InChI is InChI=1S/C25H22F4N6O/c1-35-23-21(22(30)34-35)19(11-20(33-23)15-2-3-15)14-4-6-18(7-5-14)32-24(36)31-12-13-8-16(25(27,28)29)10-17(26)9-13/h4-11,15H,2-3,12H2,1H3,(H2,30,34)(H2,31,32,36). The van der Waals surface area contributed by atoms with Gasteiger partial charge in [0, 0.05) is 30.9 Å². The van der Waals surface area contributed by atoms with E-state index >= 15 is 0 Å². The molecular formula is C25H22F4N6O. The third-order valence-corrected chi connectivity index (χ3v) is 6.03. The highest BCUT2D eigenvalue weighted by atomic mass is 19.4. The Balaban J connectivity index is 1.31. The number of aromatic nitrogens is 3. The van der Waals surface area contributed by atoms with Crippen molar-refractivity contribution in [2.75, 3.05) is 11.1 Å². The van der Waals surface area contributed by atoms with Gasteiger partial charge < -0.3 is 16.4 Å². The molecule has 0 spiro atoms. The fraction of sp³-hybridized carbons (Fsp3) is 0.240. The first-order chi connectivity index (χ1) is 17.1. The molecule has 1 fully saturated rings. The van der Waals surface area contributed by atoms with E-state index in [0.717, 1.165) is 47.2 Å². The topological polar surface area (TPSA) is 97.9 Å². The Morgan fingerprint density at radius 3 is 2.53 bits per heavy atom. The second-order valence-electron chi connectivity index (χ2n) is 8.81. The fourth-order valence-electron chi connectivity index (χ4n) is 4.12. The van der Waals surface area contributed by atoms with E-state index in [-0.39, 0.29) is 12.1 Å². The number of hydrogen-bond acceptors (Lipinski definition) is 4. The number of urea groups is 1. The third kappa shape index (κ3) is 4.81. The molecule has 0 radical (unpaired) electrons. The van der Waals surface area contributed by atoms with Crippen molar-refractivity contribution in [2.24, 2.45) is 7.05 Å². The number of alkyl halides is 3. The van der Waals surface area contributed by atoms with E-state index < -0.39 is 23.6 Å². The molecule has 2 aromatic carbocycles. The van der Waals surface area contributed by atoms with Crippen LogP contribution in [0.2, 0.25) is 0 Å². The highest BCUT2D eigenvalue weighted by Crippen LogP contribution is 2.42. The Bertz CT molecular complexity index is 1460. The number of carbonyl (C=O) groups is 1. The number of nitrogen functional groups attached to an aromatic ring is 1. The minimum Gasteiger partial charge on any atom is -0.382 e. The molecule has 36 heavy (non-hydrogen) atoms. The van der Waals surface area contributed by atoms with Gasteiger partial charge in [-0.3, -0.25) is 0 Å². The summed E-state index contributed by atoms with van der Waals surface area (Å²) in [5.41, 5.74) is 8.98. The monoisotopic (exact) mass is 498 g/mol. The molecule has 2 heterocycles. The number of nitrogens with zero attached hydrogens (tertiary/aromatic N) is 3. The van der Waals surface area contributed by atoms with Crippen LogP contribution in [-0.2, 0) is 19.8 Å². The molecule has 1 aliphatic carbocycles. The lowest BCUT2D eigenvalue weighted by atomic mass is 10.0. The van der Waals surface area contributed by atoms with Gasteiger partial charge in [-0.2, -0.15) is 18.3 Å². The molecule has 4 aromatic rings. The van der Waals surface area contributed by atoms with E-state index in [0.29, 0.717) is 29.1 Å². The highest BCUT2D eigenvalue weighted by molar-refractivity contribution is 6.00. The molecule has 5 rings (SSSR count). The van der Waals surface area contributed by atoms with Crippen LogP contribution in [0.1, 0.15) is 35.6 Å². The van der Waals surface area contributed by atoms with Gasteiger partial charge in [-0.15, -0.1) is 0 Å². The van der Waals surface area contributed by atoms with Gasteiger partial charge in [0.15, 0.2) is 11.5 Å². The van der Waals surface area contributed by atoms with Crippen LogP contribution in [0, 0.1) is 5.82 Å². The quantitative estimate of drug-likeness (QED) is 0.313. The lowest BCUT2D eigenvalue weighted by Gasteiger charge is -2.12. The molecule has 4 N–H and O–H groups in total. The summed E-state index contributed by atoms with van der Waals surface area (Å²) < 4.78 is 53.9. The number of nitrogens with two attached hydrogens (primary N) is 1. The van der Waals surface area contributed by atoms with Crippen LogP contribution in [0.4, 0.5) is 33.9 Å². The fourth-order valence-corrected chi connectivity index (χ4v) is 4.12. The van der Waals surface area contributed by atoms with Crippen LogP contribution in [-0.4, -0.2) is 20.8 Å². The summed E-state index contributed by atoms with van der Waals surface area (Å²) >= 11 is 0. The lowest BCUT2D eigenvalue weighted by molar-refractivity contribution is -0.137. The van der Waals surface area contributed by atoms with Gasteiger partial charge >= 0.3 is 12.2 Å². The molecular weight excluding hydrogens is 476 g/mol. The van der Waals surface area contributed by atoms with Crippen molar-refractivity contribution in [3.63, 3.8) is 0 Å². The Morgan fingerprint density at radius 1 is 1.14 bits per heavy atom. The van der Waals surface area contributed by atoms with E-state index in [1.165, 1.54) is 0 Å². The summed E-state index contributed by atoms with van der Waals surface area (Å²) in [6.45, 7) is -0.274. The summed E-state index contributed by atoms with van der Waals surface area (Å²) in [6.07, 6.45) is -2.49. The minimum atomic E-state index is -4.68. The number of hydrogen-bond donors (Lipinski definition) is 3. The molecule has 7 nitrogen and oxygen atoms in total. The maximum atomic E-state index is 13.6. The number of anilines is 2. The van der Waals surface area contributed by atoms with Gasteiger partial charge in [-0.25, -0.2) is 18.9 Å². The largest absolute Gasteiger partial charge is 0.416 e. The molecule has 1 aliphatic rings. The van der Waals surface area contributed by atoms with Gasteiger partial charge in [0.1, 0.15) is 5.82 Å². The number of fused-ring (bicyclic) bond motifs is 1. The average Bonchev–Trinajstić information content (AvgIpc) is 3.63. The van der Waals surface area contributed by atoms with Crippen LogP contribution in [0.25, 0.3) is 22.2 Å². The van der Waals surface area contributed by atoms with E-state index in [1.807, 2.05) is 18.2 Å². The predicted molar refractivity (Wildman–Crippen MR) is 128 cm³/mol. The Labute approximate surface area is 203 Å². The zero-order chi connectivity index (χ0) is 25.6. The van der Waals surface area contributed by atoms with Crippen molar-refractivity contribution in [1.82, 2.24) is 20.1 Å². The van der Waals surface area contributed by atoms with E-state index in [2.05, 4.69) is 15.7 Å². The van der Waals surface area contributed by atoms with E-state index in [1.54, 1.807) is 23.9 Å². The van der Waals surface area contributed by atoms with Crippen molar-refractivity contribution in [1.29, 1.82) is 0 Å². The molecule has 11 heteroatoms. The van der Waals surface area contributed by atoms with Gasteiger partial charge in [0.25, 0.3) is 0 Å². The number of halogens is 4. The molecule has 0 atom stereocenters. The van der Waals surface area contributed by atoms with Crippen molar-refractivity contribution >= 4 is 28.6 Å². The van der Waals surface area contributed by atoms with Crippen LogP contribution >= 0.6 is 0 Å². The summed E-state index contributed by atoms with van der Waals surface area (Å²) in [7, 11) is 1.80. The first-order valence-corrected chi connectivity index (χ1v) is 11.2. The lowest BCUT2D eigenvalue weighted by Crippen LogP contribution is -2.28. The first-order valence-electron chi connectivity index (χ1n) is 11.2. The number of nitrogens with one attached hydrogen (secondary N) is 2. The molecule has 1 saturated carbocycles. The van der Waals surface area contributed by atoms with Crippen LogP contribution in [0.5, 0.6) is 0 Å². The average molecular weight is 498 g/mol. The Kier molecular flexibility index (Phi) is 5.77. The minimum absolute atomic E-state index is 0.00458. The van der Waals surface area contributed by atoms with Gasteiger partial charge in [0.2, 0.25) is 0 Å². The number of pyridine rings is 1. The molecule has 0 unspecified atom stereocenters. The summed E-state index contributed by atoms with van der Waals surface area (Å²) in [5, 5.41) is 10.1. The van der Waals surface area contributed by atoms with E-state index in [4.69, 9.17) is 10.7 Å². The molecule has 0 aliphatic heterocycles. The number of amides is 2. The normalized spacial score (nSPS) is 13.7. The number of carbonyl (C=O) groups excluding carboxylic acids is 1. The smallest absolute Gasteiger partial charge is 0.382 e. The zero-order valence-corrected chi connectivity index (χ0v) is 19.2. The van der Waals surface area contributed by atoms with Crippen LogP contribution in [0.3, 0.4) is 0 Å². The number of aryl methyl sites for hydroxylation is 1. The number of benzene rings is 2. The second-order valence-corrected chi connectivity index (χ2v) is 8.81.